The van der Waals surface area contributed by atoms with Gasteiger partial charge in [0.05, 0.1) is 24.1 Å². The number of nitrogens with one attached hydrogen (secondary N) is 2. The Kier molecular flexibility index (Phi) is 5.69. The van der Waals surface area contributed by atoms with Gasteiger partial charge in [0.15, 0.2) is 0 Å². The Labute approximate surface area is 193 Å². The topological polar surface area (TPSA) is 106 Å². The molecule has 0 saturated carbocycles. The average Bonchev–Trinajstić information content (AvgIpc) is 3.62. The van der Waals surface area contributed by atoms with Crippen LogP contribution in [0.1, 0.15) is 21.9 Å². The van der Waals surface area contributed by atoms with Gasteiger partial charge in [0, 0.05) is 11.3 Å². The second-order valence-corrected chi connectivity index (χ2v) is 8.12. The van der Waals surface area contributed by atoms with E-state index in [-0.39, 0.29) is 5.91 Å². The van der Waals surface area contributed by atoms with Gasteiger partial charge in [-0.15, -0.1) is 11.3 Å². The normalized spacial score (nSPS) is 10.8. The lowest BCUT2D eigenvalue weighted by molar-refractivity contribution is 0.102. The zero-order valence-electron chi connectivity index (χ0n) is 17.6. The Hall–Kier alpha value is -4.24. The van der Waals surface area contributed by atoms with Gasteiger partial charge in [-0.3, -0.25) is 9.89 Å². The maximum atomic E-state index is 12.9. The van der Waals surface area contributed by atoms with Gasteiger partial charge in [-0.1, -0.05) is 41.6 Å². The second-order valence-electron chi connectivity index (χ2n) is 7.18. The van der Waals surface area contributed by atoms with Crippen LogP contribution in [-0.4, -0.2) is 33.4 Å². The minimum atomic E-state index is -0.297. The highest BCUT2D eigenvalue weighted by molar-refractivity contribution is 7.13. The van der Waals surface area contributed by atoms with Gasteiger partial charge in [-0.25, -0.2) is 0 Å². The molecule has 164 valence electrons. The molecule has 1 amide bonds. The van der Waals surface area contributed by atoms with Crippen molar-refractivity contribution in [1.29, 1.82) is 0 Å². The smallest absolute Gasteiger partial charge is 0.273 e. The molecule has 0 radical (unpaired) electrons. The Morgan fingerprint density at radius 3 is 2.88 bits per heavy atom. The van der Waals surface area contributed by atoms with E-state index in [1.54, 1.807) is 24.5 Å². The lowest BCUT2D eigenvalue weighted by Gasteiger charge is -2.08. The molecule has 8 nitrogen and oxygen atoms in total. The van der Waals surface area contributed by atoms with Crippen molar-refractivity contribution >= 4 is 22.9 Å². The standard InChI is InChI=1S/C24H19N5O3S/c1-31-17-8-4-7-15(12-17)19-14-20(28-27-19)24(30)25-18-9-3-2-6-16(18)13-22-26-23(29-32-22)21-10-5-11-33-21/h2-12,14H,13H2,1H3,(H,25,30)(H,27,28). The third-order valence-corrected chi connectivity index (χ3v) is 5.87. The van der Waals surface area contributed by atoms with Crippen LogP contribution in [0.15, 0.2) is 76.6 Å². The molecule has 33 heavy (non-hydrogen) atoms. The predicted molar refractivity (Wildman–Crippen MR) is 125 cm³/mol. The molecule has 5 rings (SSSR count). The van der Waals surface area contributed by atoms with E-state index < -0.39 is 0 Å². The van der Waals surface area contributed by atoms with Gasteiger partial charge in [0.2, 0.25) is 11.7 Å². The molecular weight excluding hydrogens is 438 g/mol. The van der Waals surface area contributed by atoms with Gasteiger partial charge in [0.1, 0.15) is 11.4 Å². The molecule has 3 aromatic heterocycles. The third-order valence-electron chi connectivity index (χ3n) is 5.00. The number of anilines is 1. The Balaban J connectivity index is 1.32. The number of ether oxygens (including phenoxy) is 1. The van der Waals surface area contributed by atoms with Crippen molar-refractivity contribution in [2.24, 2.45) is 0 Å². The number of aromatic amines is 1. The van der Waals surface area contributed by atoms with Crippen LogP contribution in [0.2, 0.25) is 0 Å². The Bertz CT molecular complexity index is 1390. The van der Waals surface area contributed by atoms with Crippen molar-refractivity contribution in [2.45, 2.75) is 6.42 Å². The molecule has 2 aromatic carbocycles. The summed E-state index contributed by atoms with van der Waals surface area (Å²) in [6.45, 7) is 0. The number of thiophene rings is 1. The maximum Gasteiger partial charge on any atom is 0.273 e. The number of para-hydroxylation sites is 1. The highest BCUT2D eigenvalue weighted by Gasteiger charge is 2.16. The largest absolute Gasteiger partial charge is 0.497 e. The van der Waals surface area contributed by atoms with E-state index in [9.17, 15) is 4.79 Å². The van der Waals surface area contributed by atoms with Crippen LogP contribution in [0.5, 0.6) is 5.75 Å². The van der Waals surface area contributed by atoms with Crippen molar-refractivity contribution < 1.29 is 14.1 Å². The summed E-state index contributed by atoms with van der Waals surface area (Å²) < 4.78 is 10.7. The fourth-order valence-electron chi connectivity index (χ4n) is 3.35. The lowest BCUT2D eigenvalue weighted by Crippen LogP contribution is -2.14. The minimum Gasteiger partial charge on any atom is -0.497 e. The number of rotatable bonds is 7. The van der Waals surface area contributed by atoms with Gasteiger partial charge < -0.3 is 14.6 Å². The molecule has 2 N–H and O–H groups in total. The Morgan fingerprint density at radius 1 is 1.12 bits per heavy atom. The van der Waals surface area contributed by atoms with Gasteiger partial charge in [-0.05, 0) is 41.3 Å². The van der Waals surface area contributed by atoms with E-state index in [0.717, 1.165) is 21.8 Å². The molecule has 0 atom stereocenters. The molecule has 3 heterocycles. The van der Waals surface area contributed by atoms with Crippen molar-refractivity contribution in [3.8, 4) is 27.7 Å². The highest BCUT2D eigenvalue weighted by Crippen LogP contribution is 2.25. The summed E-state index contributed by atoms with van der Waals surface area (Å²) in [6.07, 6.45) is 0.396. The zero-order chi connectivity index (χ0) is 22.6. The van der Waals surface area contributed by atoms with Crippen LogP contribution in [0.4, 0.5) is 5.69 Å². The van der Waals surface area contributed by atoms with E-state index in [2.05, 4.69) is 25.7 Å². The summed E-state index contributed by atoms with van der Waals surface area (Å²) in [5.41, 5.74) is 3.37. The molecule has 0 saturated heterocycles. The average molecular weight is 458 g/mol. The molecular formula is C24H19N5O3S. The predicted octanol–water partition coefficient (Wildman–Crippen LogP) is 5.04. The van der Waals surface area contributed by atoms with E-state index >= 15 is 0 Å². The second kappa shape index (κ2) is 9.09. The molecule has 0 aliphatic rings. The highest BCUT2D eigenvalue weighted by atomic mass is 32.1. The summed E-state index contributed by atoms with van der Waals surface area (Å²) in [6, 6.07) is 20.6. The van der Waals surface area contributed by atoms with Gasteiger partial charge in [-0.2, -0.15) is 10.1 Å². The number of carbonyl (C=O) groups is 1. The lowest BCUT2D eigenvalue weighted by atomic mass is 10.1. The first-order valence-corrected chi connectivity index (χ1v) is 11.0. The summed E-state index contributed by atoms with van der Waals surface area (Å²) >= 11 is 1.55. The number of benzene rings is 2. The monoisotopic (exact) mass is 457 g/mol. The number of hydrogen-bond donors (Lipinski definition) is 2. The van der Waals surface area contributed by atoms with Crippen LogP contribution in [0.3, 0.4) is 0 Å². The number of hydrogen-bond acceptors (Lipinski definition) is 7. The van der Waals surface area contributed by atoms with E-state index in [1.165, 1.54) is 0 Å². The summed E-state index contributed by atoms with van der Waals surface area (Å²) in [5, 5.41) is 16.0. The SMILES string of the molecule is COc1cccc(-c2cc(C(=O)Nc3ccccc3Cc3nc(-c4cccs4)no3)[nH]n2)c1. The molecule has 0 aliphatic carbocycles. The molecule has 0 aliphatic heterocycles. The fourth-order valence-corrected chi connectivity index (χ4v) is 4.00. The summed E-state index contributed by atoms with van der Waals surface area (Å²) in [4.78, 5) is 18.3. The molecule has 0 fully saturated rings. The number of H-pyrrole nitrogens is 1. The van der Waals surface area contributed by atoms with Crippen LogP contribution in [0, 0.1) is 0 Å². The first-order valence-electron chi connectivity index (χ1n) is 10.1. The number of carbonyl (C=O) groups excluding carboxylic acids is 1. The summed E-state index contributed by atoms with van der Waals surface area (Å²) in [5.74, 6) is 1.46. The first-order chi connectivity index (χ1) is 16.2. The van der Waals surface area contributed by atoms with Crippen LogP contribution in [0.25, 0.3) is 22.0 Å². The Morgan fingerprint density at radius 2 is 2.03 bits per heavy atom. The van der Waals surface area contributed by atoms with Gasteiger partial charge in [0.25, 0.3) is 5.91 Å². The van der Waals surface area contributed by atoms with Crippen LogP contribution in [-0.2, 0) is 6.42 Å². The van der Waals surface area contributed by atoms with Crippen LogP contribution < -0.4 is 10.1 Å². The molecule has 5 aromatic rings. The van der Waals surface area contributed by atoms with E-state index in [1.807, 2.05) is 66.0 Å². The molecule has 9 heteroatoms. The van der Waals surface area contributed by atoms with Crippen molar-refractivity contribution in [3.63, 3.8) is 0 Å². The molecule has 0 unspecified atom stereocenters. The number of methoxy groups -OCH3 is 1. The minimum absolute atomic E-state index is 0.297. The quantitative estimate of drug-likeness (QED) is 0.355. The van der Waals surface area contributed by atoms with Crippen molar-refractivity contribution in [2.75, 3.05) is 12.4 Å². The zero-order valence-corrected chi connectivity index (χ0v) is 18.4. The van der Waals surface area contributed by atoms with Crippen LogP contribution >= 0.6 is 11.3 Å². The molecule has 0 spiro atoms. The summed E-state index contributed by atoms with van der Waals surface area (Å²) in [7, 11) is 1.61. The fraction of sp³-hybridized carbons (Fsp3) is 0.0833. The van der Waals surface area contributed by atoms with E-state index in [0.29, 0.717) is 35.2 Å². The molecule has 0 bridgehead atoms. The maximum absolute atomic E-state index is 12.9. The van der Waals surface area contributed by atoms with Crippen molar-refractivity contribution in [1.82, 2.24) is 20.3 Å². The first kappa shape index (κ1) is 20.7. The number of aromatic nitrogens is 4. The van der Waals surface area contributed by atoms with Crippen molar-refractivity contribution in [3.05, 3.63) is 89.3 Å². The number of amides is 1. The third kappa shape index (κ3) is 4.53. The van der Waals surface area contributed by atoms with Gasteiger partial charge >= 0.3 is 0 Å². The number of nitrogens with zero attached hydrogens (tertiary/aromatic N) is 3. The van der Waals surface area contributed by atoms with E-state index in [4.69, 9.17) is 9.26 Å².